The van der Waals surface area contributed by atoms with Crippen molar-refractivity contribution in [1.29, 1.82) is 0 Å². The van der Waals surface area contributed by atoms with Crippen LogP contribution in [0.3, 0.4) is 0 Å². The largest absolute Gasteiger partial charge is 0.459 e. The molecular weight excluding hydrogens is 408 g/mol. The number of nitrogens with zero attached hydrogens (tertiary/aromatic N) is 1. The molecule has 0 bridgehead atoms. The van der Waals surface area contributed by atoms with Crippen LogP contribution in [0, 0.1) is 0 Å². The molecule has 1 N–H and O–H groups in total. The van der Waals surface area contributed by atoms with Gasteiger partial charge in [0.2, 0.25) is 5.91 Å². The minimum absolute atomic E-state index is 0.132. The number of aryl methyl sites for hydroxylation is 1. The second kappa shape index (κ2) is 9.96. The van der Waals surface area contributed by atoms with E-state index in [2.05, 4.69) is 12.2 Å². The van der Waals surface area contributed by atoms with Gasteiger partial charge in [-0.05, 0) is 54.0 Å². The normalized spacial score (nSPS) is 15.0. The smallest absolute Gasteiger partial charge is 0.290 e. The van der Waals surface area contributed by atoms with Crippen LogP contribution in [0.15, 0.2) is 64.6 Å². The highest BCUT2D eigenvalue weighted by Gasteiger charge is 2.34. The lowest BCUT2D eigenvalue weighted by Gasteiger charge is -2.31. The minimum atomic E-state index is -0.730. The van der Waals surface area contributed by atoms with Crippen LogP contribution in [0.2, 0.25) is 0 Å². The number of thiophene rings is 1. The highest BCUT2D eigenvalue weighted by molar-refractivity contribution is 7.09. The van der Waals surface area contributed by atoms with Gasteiger partial charge in [0, 0.05) is 10.9 Å². The number of nitrogens with one attached hydrogen (secondary N) is 1. The van der Waals surface area contributed by atoms with Crippen molar-refractivity contribution in [3.8, 4) is 0 Å². The molecule has 2 heterocycles. The molecule has 4 rings (SSSR count). The molecule has 5 nitrogen and oxygen atoms in total. The van der Waals surface area contributed by atoms with E-state index in [0.29, 0.717) is 6.54 Å². The Hall–Kier alpha value is -2.86. The molecule has 1 aromatic carbocycles. The first-order valence-electron chi connectivity index (χ1n) is 10.9. The van der Waals surface area contributed by atoms with E-state index >= 15 is 0 Å². The standard InChI is InChI=1S/C25H28N2O3S/c1-2-18-11-13-19(14-12-18)23(24(28)26-20-7-3-4-8-20)27(17-21-9-6-16-31-21)25(29)22-10-5-15-30-22/h5-6,9-16,20,23H,2-4,7-8,17H2,1H3,(H,26,28). The average molecular weight is 437 g/mol. The summed E-state index contributed by atoms with van der Waals surface area (Å²) >= 11 is 1.57. The van der Waals surface area contributed by atoms with Gasteiger partial charge < -0.3 is 14.6 Å². The number of hydrogen-bond acceptors (Lipinski definition) is 4. The summed E-state index contributed by atoms with van der Waals surface area (Å²) in [6.45, 7) is 2.44. The van der Waals surface area contributed by atoms with Gasteiger partial charge in [-0.1, -0.05) is 50.1 Å². The molecule has 1 atom stereocenters. The van der Waals surface area contributed by atoms with Crippen LogP contribution in [0.25, 0.3) is 0 Å². The summed E-state index contributed by atoms with van der Waals surface area (Å²) < 4.78 is 5.41. The summed E-state index contributed by atoms with van der Waals surface area (Å²) in [5.41, 5.74) is 2.00. The fourth-order valence-corrected chi connectivity index (χ4v) is 4.85. The number of rotatable bonds is 8. The molecule has 1 saturated carbocycles. The Morgan fingerprint density at radius 3 is 2.52 bits per heavy atom. The lowest BCUT2D eigenvalue weighted by molar-refractivity contribution is -0.126. The van der Waals surface area contributed by atoms with Crippen molar-refractivity contribution >= 4 is 23.2 Å². The Morgan fingerprint density at radius 2 is 1.90 bits per heavy atom. The zero-order valence-corrected chi connectivity index (χ0v) is 18.6. The molecule has 0 radical (unpaired) electrons. The number of hydrogen-bond donors (Lipinski definition) is 1. The van der Waals surface area contributed by atoms with Gasteiger partial charge in [-0.3, -0.25) is 9.59 Å². The van der Waals surface area contributed by atoms with Gasteiger partial charge in [0.25, 0.3) is 5.91 Å². The van der Waals surface area contributed by atoms with E-state index in [1.165, 1.54) is 11.8 Å². The zero-order chi connectivity index (χ0) is 21.6. The summed E-state index contributed by atoms with van der Waals surface area (Å²) in [6.07, 6.45) is 6.65. The Bertz CT molecular complexity index is 974. The van der Waals surface area contributed by atoms with Crippen molar-refractivity contribution in [2.75, 3.05) is 0 Å². The van der Waals surface area contributed by atoms with Crippen LogP contribution >= 0.6 is 11.3 Å². The molecule has 1 unspecified atom stereocenters. The highest BCUT2D eigenvalue weighted by Crippen LogP contribution is 2.29. The van der Waals surface area contributed by atoms with Gasteiger partial charge >= 0.3 is 0 Å². The van der Waals surface area contributed by atoms with Gasteiger partial charge in [0.15, 0.2) is 5.76 Å². The molecule has 1 aliphatic carbocycles. The Labute approximate surface area is 187 Å². The van der Waals surface area contributed by atoms with Crippen molar-refractivity contribution in [2.45, 2.75) is 57.7 Å². The summed E-state index contributed by atoms with van der Waals surface area (Å²) in [5.74, 6) is -0.183. The predicted molar refractivity (Wildman–Crippen MR) is 122 cm³/mol. The third-order valence-electron chi connectivity index (χ3n) is 5.86. The van der Waals surface area contributed by atoms with Crippen molar-refractivity contribution in [3.63, 3.8) is 0 Å². The van der Waals surface area contributed by atoms with Gasteiger partial charge in [0.1, 0.15) is 6.04 Å². The van der Waals surface area contributed by atoms with E-state index in [9.17, 15) is 9.59 Å². The number of furan rings is 1. The maximum atomic E-state index is 13.6. The third kappa shape index (κ3) is 5.07. The first-order valence-corrected chi connectivity index (χ1v) is 11.8. The van der Waals surface area contributed by atoms with E-state index < -0.39 is 6.04 Å². The fraction of sp³-hybridized carbons (Fsp3) is 0.360. The van der Waals surface area contributed by atoms with Crippen LogP contribution in [-0.2, 0) is 17.8 Å². The maximum absolute atomic E-state index is 13.6. The Morgan fingerprint density at radius 1 is 1.13 bits per heavy atom. The molecule has 31 heavy (non-hydrogen) atoms. The van der Waals surface area contributed by atoms with Crippen LogP contribution in [-0.4, -0.2) is 22.8 Å². The quantitative estimate of drug-likeness (QED) is 0.518. The second-order valence-corrected chi connectivity index (χ2v) is 9.01. The van der Waals surface area contributed by atoms with Crippen LogP contribution < -0.4 is 5.32 Å². The van der Waals surface area contributed by atoms with E-state index in [0.717, 1.165) is 42.5 Å². The first kappa shape index (κ1) is 21.4. The predicted octanol–water partition coefficient (Wildman–Crippen LogP) is 5.35. The maximum Gasteiger partial charge on any atom is 0.290 e. The van der Waals surface area contributed by atoms with Crippen LogP contribution in [0.4, 0.5) is 0 Å². The minimum Gasteiger partial charge on any atom is -0.459 e. The lowest BCUT2D eigenvalue weighted by Crippen LogP contribution is -2.45. The molecule has 0 spiro atoms. The van der Waals surface area contributed by atoms with E-state index in [4.69, 9.17) is 4.42 Å². The van der Waals surface area contributed by atoms with Crippen molar-refractivity contribution < 1.29 is 14.0 Å². The fourth-order valence-electron chi connectivity index (χ4n) is 4.15. The summed E-state index contributed by atoms with van der Waals surface area (Å²) in [4.78, 5) is 29.7. The molecule has 1 fully saturated rings. The van der Waals surface area contributed by atoms with E-state index in [-0.39, 0.29) is 23.6 Å². The number of benzene rings is 1. The molecule has 1 aliphatic rings. The van der Waals surface area contributed by atoms with Gasteiger partial charge in [0.05, 0.1) is 12.8 Å². The summed E-state index contributed by atoms with van der Waals surface area (Å²) in [6, 6.07) is 14.7. The Kier molecular flexibility index (Phi) is 6.87. The second-order valence-electron chi connectivity index (χ2n) is 7.98. The molecule has 2 amide bonds. The van der Waals surface area contributed by atoms with Gasteiger partial charge in [-0.25, -0.2) is 0 Å². The van der Waals surface area contributed by atoms with Gasteiger partial charge in [-0.15, -0.1) is 11.3 Å². The van der Waals surface area contributed by atoms with Crippen molar-refractivity contribution in [2.24, 2.45) is 0 Å². The SMILES string of the molecule is CCc1ccc(C(C(=O)NC2CCCC2)N(Cc2cccs2)C(=O)c2ccco2)cc1. The van der Waals surface area contributed by atoms with Gasteiger partial charge in [-0.2, -0.15) is 0 Å². The van der Waals surface area contributed by atoms with Crippen molar-refractivity contribution in [1.82, 2.24) is 10.2 Å². The van der Waals surface area contributed by atoms with Crippen molar-refractivity contribution in [3.05, 3.63) is 81.9 Å². The topological polar surface area (TPSA) is 62.6 Å². The first-order chi connectivity index (χ1) is 15.2. The summed E-state index contributed by atoms with van der Waals surface area (Å²) in [7, 11) is 0. The molecular formula is C25H28N2O3S. The lowest BCUT2D eigenvalue weighted by atomic mass is 10.0. The number of carbonyl (C=O) groups is 2. The van der Waals surface area contributed by atoms with E-state index in [1.54, 1.807) is 28.4 Å². The molecule has 6 heteroatoms. The monoisotopic (exact) mass is 436 g/mol. The van der Waals surface area contributed by atoms with E-state index in [1.807, 2.05) is 41.8 Å². The zero-order valence-electron chi connectivity index (χ0n) is 17.8. The molecule has 3 aromatic rings. The summed E-state index contributed by atoms with van der Waals surface area (Å²) in [5, 5.41) is 5.19. The molecule has 0 saturated heterocycles. The molecule has 2 aromatic heterocycles. The number of amides is 2. The average Bonchev–Trinajstić information content (AvgIpc) is 3.57. The Balaban J connectivity index is 1.71. The molecule has 162 valence electrons. The third-order valence-corrected chi connectivity index (χ3v) is 6.73. The van der Waals surface area contributed by atoms with Crippen LogP contribution in [0.1, 0.15) is 65.2 Å². The van der Waals surface area contributed by atoms with Crippen LogP contribution in [0.5, 0.6) is 0 Å². The number of carbonyl (C=O) groups excluding carboxylic acids is 2. The molecule has 0 aliphatic heterocycles. The highest BCUT2D eigenvalue weighted by atomic mass is 32.1.